The van der Waals surface area contributed by atoms with Gasteiger partial charge in [0.1, 0.15) is 18.4 Å². The molecule has 0 saturated heterocycles. The molecule has 0 bridgehead atoms. The zero-order valence-electron chi connectivity index (χ0n) is 16.5. The summed E-state index contributed by atoms with van der Waals surface area (Å²) in [6.07, 6.45) is -0.452. The highest BCUT2D eigenvalue weighted by Gasteiger charge is 2.27. The number of primary amides is 1. The van der Waals surface area contributed by atoms with Crippen LogP contribution in [0.5, 0.6) is 5.75 Å². The third kappa shape index (κ3) is 7.04. The maximum absolute atomic E-state index is 12.6. The highest BCUT2D eigenvalue weighted by molar-refractivity contribution is 7.89. The molecule has 0 aliphatic carbocycles. The second-order valence-electron chi connectivity index (χ2n) is 6.39. The van der Waals surface area contributed by atoms with Crippen LogP contribution in [0.15, 0.2) is 53.4 Å². The summed E-state index contributed by atoms with van der Waals surface area (Å²) in [5.41, 5.74) is 5.45. The number of esters is 1. The number of carbonyl (C=O) groups excluding carboxylic acids is 2. The molecule has 2 aromatic rings. The Hall–Kier alpha value is -3.51. The first-order chi connectivity index (χ1) is 14.6. The third-order valence-corrected chi connectivity index (χ3v) is 5.65. The van der Waals surface area contributed by atoms with Crippen LogP contribution in [0.4, 0.5) is 5.69 Å². The molecule has 0 spiro atoms. The SMILES string of the molecule is COc1ccc(S(=O)(=O)N[C@@H](CCC(N)=O)C(=O)OCc2ccc([N+](=O)[O-])cc2)cc1. The van der Waals surface area contributed by atoms with E-state index in [-0.39, 0.29) is 30.0 Å². The average molecular weight is 451 g/mol. The Labute approximate surface area is 178 Å². The van der Waals surface area contributed by atoms with Gasteiger partial charge in [-0.3, -0.25) is 19.7 Å². The van der Waals surface area contributed by atoms with Gasteiger partial charge in [-0.25, -0.2) is 8.42 Å². The molecule has 31 heavy (non-hydrogen) atoms. The number of nitro benzene ring substituents is 1. The van der Waals surface area contributed by atoms with Gasteiger partial charge >= 0.3 is 5.97 Å². The van der Waals surface area contributed by atoms with Crippen molar-refractivity contribution >= 4 is 27.6 Å². The molecule has 12 heteroatoms. The van der Waals surface area contributed by atoms with E-state index in [1.165, 1.54) is 55.6 Å². The lowest BCUT2D eigenvalue weighted by atomic mass is 10.1. The van der Waals surface area contributed by atoms with Crippen LogP contribution < -0.4 is 15.2 Å². The number of hydrogen-bond donors (Lipinski definition) is 2. The van der Waals surface area contributed by atoms with Gasteiger partial charge in [-0.05, 0) is 48.4 Å². The molecule has 0 radical (unpaired) electrons. The van der Waals surface area contributed by atoms with Crippen molar-refractivity contribution < 1.29 is 32.4 Å². The Balaban J connectivity index is 2.11. The molecule has 0 heterocycles. The van der Waals surface area contributed by atoms with E-state index in [1.54, 1.807) is 0 Å². The maximum atomic E-state index is 12.6. The second kappa shape index (κ2) is 10.5. The van der Waals surface area contributed by atoms with Gasteiger partial charge in [0.2, 0.25) is 15.9 Å². The minimum atomic E-state index is -4.11. The molecule has 11 nitrogen and oxygen atoms in total. The first-order valence-electron chi connectivity index (χ1n) is 8.97. The first kappa shape index (κ1) is 23.8. The second-order valence-corrected chi connectivity index (χ2v) is 8.10. The number of amides is 1. The van der Waals surface area contributed by atoms with Gasteiger partial charge in [0.25, 0.3) is 5.69 Å². The summed E-state index contributed by atoms with van der Waals surface area (Å²) in [5, 5.41) is 10.7. The molecule has 3 N–H and O–H groups in total. The van der Waals surface area contributed by atoms with Crippen LogP contribution in [0.25, 0.3) is 0 Å². The summed E-state index contributed by atoms with van der Waals surface area (Å²) in [6, 6.07) is 9.44. The molecule has 1 atom stereocenters. The lowest BCUT2D eigenvalue weighted by molar-refractivity contribution is -0.384. The molecule has 0 aliphatic heterocycles. The van der Waals surface area contributed by atoms with Gasteiger partial charge in [-0.15, -0.1) is 0 Å². The number of ether oxygens (including phenoxy) is 2. The zero-order chi connectivity index (χ0) is 23.0. The molecule has 166 valence electrons. The molecule has 0 unspecified atom stereocenters. The van der Waals surface area contributed by atoms with E-state index < -0.39 is 32.9 Å². The number of nitrogens with one attached hydrogen (secondary N) is 1. The topological polar surface area (TPSA) is 168 Å². The summed E-state index contributed by atoms with van der Waals surface area (Å²) in [7, 11) is -2.68. The molecule has 0 aliphatic rings. The molecule has 1 amide bonds. The number of nitrogens with zero attached hydrogens (tertiary/aromatic N) is 1. The number of nitro groups is 1. The normalized spacial score (nSPS) is 12.0. The van der Waals surface area contributed by atoms with Crippen LogP contribution in [0, 0.1) is 10.1 Å². The minimum absolute atomic E-state index is 0.111. The smallest absolute Gasteiger partial charge is 0.324 e. The molecular formula is C19H21N3O8S. The van der Waals surface area contributed by atoms with Crippen molar-refractivity contribution in [3.63, 3.8) is 0 Å². The van der Waals surface area contributed by atoms with Gasteiger partial charge < -0.3 is 15.2 Å². The molecule has 2 rings (SSSR count). The number of benzene rings is 2. The van der Waals surface area contributed by atoms with E-state index in [9.17, 15) is 28.1 Å². The van der Waals surface area contributed by atoms with Crippen molar-refractivity contribution in [1.82, 2.24) is 4.72 Å². The van der Waals surface area contributed by atoms with E-state index in [4.69, 9.17) is 15.2 Å². The lowest BCUT2D eigenvalue weighted by Gasteiger charge is -2.17. The monoisotopic (exact) mass is 451 g/mol. The third-order valence-electron chi connectivity index (χ3n) is 4.16. The summed E-state index contributed by atoms with van der Waals surface area (Å²) in [5.74, 6) is -1.18. The number of hydrogen-bond acceptors (Lipinski definition) is 8. The van der Waals surface area contributed by atoms with E-state index in [2.05, 4.69) is 4.72 Å². The maximum Gasteiger partial charge on any atom is 0.324 e. The highest BCUT2D eigenvalue weighted by atomic mass is 32.2. The molecular weight excluding hydrogens is 430 g/mol. The van der Waals surface area contributed by atoms with Crippen molar-refractivity contribution in [2.45, 2.75) is 30.4 Å². The zero-order valence-corrected chi connectivity index (χ0v) is 17.3. The van der Waals surface area contributed by atoms with Crippen molar-refractivity contribution in [3.8, 4) is 5.75 Å². The summed E-state index contributed by atoms with van der Waals surface area (Å²) in [4.78, 5) is 33.6. The highest BCUT2D eigenvalue weighted by Crippen LogP contribution is 2.17. The van der Waals surface area contributed by atoms with Crippen molar-refractivity contribution in [1.29, 1.82) is 0 Å². The summed E-state index contributed by atoms with van der Waals surface area (Å²) >= 11 is 0. The van der Waals surface area contributed by atoms with Gasteiger partial charge in [0.15, 0.2) is 0 Å². The Morgan fingerprint density at radius 3 is 2.26 bits per heavy atom. The summed E-state index contributed by atoms with van der Waals surface area (Å²) < 4.78 is 37.6. The number of rotatable bonds is 11. The van der Waals surface area contributed by atoms with E-state index >= 15 is 0 Å². The number of nitrogens with two attached hydrogens (primary N) is 1. The average Bonchev–Trinajstić information content (AvgIpc) is 2.75. The Morgan fingerprint density at radius 1 is 1.13 bits per heavy atom. The van der Waals surface area contributed by atoms with Gasteiger partial charge in [0, 0.05) is 18.6 Å². The van der Waals surface area contributed by atoms with Crippen molar-refractivity contribution in [2.24, 2.45) is 5.73 Å². The van der Waals surface area contributed by atoms with Gasteiger partial charge in [0.05, 0.1) is 16.9 Å². The predicted molar refractivity (Wildman–Crippen MR) is 108 cm³/mol. The summed E-state index contributed by atoms with van der Waals surface area (Å²) in [6.45, 7) is -0.242. The van der Waals surface area contributed by atoms with Gasteiger partial charge in [-0.2, -0.15) is 4.72 Å². The Kier molecular flexibility index (Phi) is 8.05. The van der Waals surface area contributed by atoms with E-state index in [1.807, 2.05) is 0 Å². The number of non-ortho nitro benzene ring substituents is 1. The van der Waals surface area contributed by atoms with Crippen LogP contribution in [0.2, 0.25) is 0 Å². The number of methoxy groups -OCH3 is 1. The van der Waals surface area contributed by atoms with Crippen LogP contribution in [0.3, 0.4) is 0 Å². The molecule has 0 fully saturated rings. The predicted octanol–water partition coefficient (Wildman–Crippen LogP) is 1.26. The number of sulfonamides is 1. The van der Waals surface area contributed by atoms with Crippen LogP contribution >= 0.6 is 0 Å². The largest absolute Gasteiger partial charge is 0.497 e. The lowest BCUT2D eigenvalue weighted by Crippen LogP contribution is -2.42. The standard InChI is InChI=1S/C19H21N3O8S/c1-29-15-6-8-16(9-7-15)31(27,28)21-17(10-11-18(20)23)19(24)30-12-13-2-4-14(5-3-13)22(25)26/h2-9,17,21H,10-12H2,1H3,(H2,20,23)/t17-/m0/s1. The first-order valence-corrected chi connectivity index (χ1v) is 10.5. The fraction of sp³-hybridized carbons (Fsp3) is 0.263. The van der Waals surface area contributed by atoms with Crippen molar-refractivity contribution in [2.75, 3.05) is 7.11 Å². The fourth-order valence-electron chi connectivity index (χ4n) is 2.49. The van der Waals surface area contributed by atoms with E-state index in [0.717, 1.165) is 0 Å². The Bertz CT molecular complexity index is 1040. The quantitative estimate of drug-likeness (QED) is 0.292. The molecule has 0 saturated carbocycles. The van der Waals surface area contributed by atoms with Crippen LogP contribution in [0.1, 0.15) is 18.4 Å². The molecule has 0 aromatic heterocycles. The van der Waals surface area contributed by atoms with Gasteiger partial charge in [-0.1, -0.05) is 0 Å². The fourth-order valence-corrected chi connectivity index (χ4v) is 3.71. The van der Waals surface area contributed by atoms with Crippen molar-refractivity contribution in [3.05, 3.63) is 64.2 Å². The molecule has 2 aromatic carbocycles. The minimum Gasteiger partial charge on any atom is -0.497 e. The Morgan fingerprint density at radius 2 is 1.74 bits per heavy atom. The van der Waals surface area contributed by atoms with Crippen LogP contribution in [-0.2, 0) is 31.0 Å². The van der Waals surface area contributed by atoms with E-state index in [0.29, 0.717) is 11.3 Å². The van der Waals surface area contributed by atoms with Crippen LogP contribution in [-0.4, -0.2) is 38.4 Å². The number of carbonyl (C=O) groups is 2.